The molecule has 5 heteroatoms. The molecule has 0 aromatic heterocycles. The van der Waals surface area contributed by atoms with Crippen molar-refractivity contribution in [2.75, 3.05) is 39.4 Å². The van der Waals surface area contributed by atoms with Crippen molar-refractivity contribution >= 4 is 0 Å². The van der Waals surface area contributed by atoms with E-state index in [0.29, 0.717) is 19.1 Å². The molecule has 0 amide bonds. The lowest BCUT2D eigenvalue weighted by atomic mass is 9.87. The summed E-state index contributed by atoms with van der Waals surface area (Å²) in [5, 5.41) is 11.7. The van der Waals surface area contributed by atoms with E-state index in [-0.39, 0.29) is 12.0 Å². The minimum absolute atomic E-state index is 0.0441. The van der Waals surface area contributed by atoms with Crippen LogP contribution in [0.5, 0.6) is 0 Å². The number of ether oxygens (including phenoxy) is 1. The van der Waals surface area contributed by atoms with E-state index in [1.54, 1.807) is 0 Å². The molecule has 0 bridgehead atoms. The lowest BCUT2D eigenvalue weighted by Crippen LogP contribution is -2.59. The van der Waals surface area contributed by atoms with Gasteiger partial charge in [0.05, 0.1) is 19.3 Å². The standard InChI is InChI=1S/C6H12FN.C6H13NO.C6H12O/c1-5(2)6(7)3-8-4-6;1-5(2)7-3-6(8)4-7;1-5(2)6-3-7-4-6/h5,8H,3-4H2,1-2H3;5-6,8H,3-4H2,1-2H3;5-6H,3-4H2,1-2H3. The van der Waals surface area contributed by atoms with Gasteiger partial charge in [0.2, 0.25) is 0 Å². The zero-order valence-corrected chi connectivity index (χ0v) is 15.8. The Morgan fingerprint density at radius 3 is 1.65 bits per heavy atom. The summed E-state index contributed by atoms with van der Waals surface area (Å²) >= 11 is 0. The van der Waals surface area contributed by atoms with Crippen molar-refractivity contribution in [2.45, 2.75) is 59.4 Å². The molecule has 0 spiro atoms. The average Bonchev–Trinajstić information content (AvgIpc) is 2.30. The van der Waals surface area contributed by atoms with Crippen LogP contribution < -0.4 is 5.32 Å². The second kappa shape index (κ2) is 9.30. The Kier molecular flexibility index (Phi) is 8.42. The van der Waals surface area contributed by atoms with E-state index in [1.807, 2.05) is 13.8 Å². The van der Waals surface area contributed by atoms with Crippen LogP contribution in [0.25, 0.3) is 0 Å². The van der Waals surface area contributed by atoms with Gasteiger partial charge in [0.15, 0.2) is 0 Å². The maximum Gasteiger partial charge on any atom is 0.138 e. The van der Waals surface area contributed by atoms with Crippen LogP contribution in [-0.4, -0.2) is 67.2 Å². The minimum Gasteiger partial charge on any atom is -0.390 e. The molecule has 3 saturated heterocycles. The van der Waals surface area contributed by atoms with E-state index >= 15 is 0 Å². The highest BCUT2D eigenvalue weighted by molar-refractivity contribution is 4.95. The Morgan fingerprint density at radius 2 is 1.61 bits per heavy atom. The first-order chi connectivity index (χ1) is 10.7. The third kappa shape index (κ3) is 6.65. The summed E-state index contributed by atoms with van der Waals surface area (Å²) in [6, 6.07) is 0.610. The molecule has 3 fully saturated rings. The van der Waals surface area contributed by atoms with Crippen LogP contribution >= 0.6 is 0 Å². The van der Waals surface area contributed by atoms with E-state index < -0.39 is 5.67 Å². The SMILES string of the molecule is CC(C)C1(F)CNC1.CC(C)C1COC1.CC(C)N1CC(O)C1. The molecule has 4 nitrogen and oxygen atoms in total. The van der Waals surface area contributed by atoms with Gasteiger partial charge in [-0.25, -0.2) is 4.39 Å². The largest absolute Gasteiger partial charge is 0.390 e. The molecule has 0 aromatic carbocycles. The number of likely N-dealkylation sites (tertiary alicyclic amines) is 1. The molecule has 3 rings (SSSR count). The van der Waals surface area contributed by atoms with Crippen LogP contribution in [0.2, 0.25) is 0 Å². The number of hydrogen-bond acceptors (Lipinski definition) is 4. The number of hydrogen-bond donors (Lipinski definition) is 2. The summed E-state index contributed by atoms with van der Waals surface area (Å²) in [4.78, 5) is 2.24. The Bertz CT molecular complexity index is 323. The first-order valence-electron chi connectivity index (χ1n) is 9.05. The monoisotopic (exact) mass is 332 g/mol. The molecule has 3 aliphatic heterocycles. The summed E-state index contributed by atoms with van der Waals surface area (Å²) in [5.74, 6) is 1.86. The third-order valence-electron chi connectivity index (χ3n) is 5.10. The second-order valence-electron chi connectivity index (χ2n) is 8.04. The van der Waals surface area contributed by atoms with E-state index in [2.05, 4.69) is 37.9 Å². The molecule has 0 radical (unpaired) electrons. The van der Waals surface area contributed by atoms with Crippen molar-refractivity contribution in [3.63, 3.8) is 0 Å². The molecule has 0 unspecified atom stereocenters. The third-order valence-corrected chi connectivity index (χ3v) is 5.10. The smallest absolute Gasteiger partial charge is 0.138 e. The quantitative estimate of drug-likeness (QED) is 0.832. The van der Waals surface area contributed by atoms with Gasteiger partial charge in [-0.1, -0.05) is 27.7 Å². The van der Waals surface area contributed by atoms with Crippen molar-refractivity contribution in [1.29, 1.82) is 0 Å². The van der Waals surface area contributed by atoms with Crippen molar-refractivity contribution < 1.29 is 14.2 Å². The number of aliphatic hydroxyl groups is 1. The Labute approximate surface area is 141 Å². The first kappa shape index (κ1) is 20.8. The normalized spacial score (nSPS) is 24.1. The second-order valence-corrected chi connectivity index (χ2v) is 8.04. The van der Waals surface area contributed by atoms with Crippen LogP contribution in [-0.2, 0) is 4.74 Å². The molecular weight excluding hydrogens is 295 g/mol. The zero-order chi connectivity index (χ0) is 17.6. The van der Waals surface area contributed by atoms with Crippen molar-refractivity contribution in [1.82, 2.24) is 10.2 Å². The highest BCUT2D eigenvalue weighted by atomic mass is 19.1. The Balaban J connectivity index is 0.000000173. The van der Waals surface area contributed by atoms with Gasteiger partial charge in [-0.3, -0.25) is 4.90 Å². The number of aliphatic hydroxyl groups excluding tert-OH is 1. The summed E-state index contributed by atoms with van der Waals surface area (Å²) in [6.45, 7) is 17.4. The number of alkyl halides is 1. The fourth-order valence-electron chi connectivity index (χ4n) is 2.32. The van der Waals surface area contributed by atoms with Crippen LogP contribution in [0.1, 0.15) is 41.5 Å². The average molecular weight is 333 g/mol. The lowest BCUT2D eigenvalue weighted by Gasteiger charge is -2.38. The van der Waals surface area contributed by atoms with Gasteiger partial charge < -0.3 is 15.2 Å². The van der Waals surface area contributed by atoms with Gasteiger partial charge in [-0.05, 0) is 25.7 Å². The molecule has 0 aliphatic carbocycles. The molecule has 0 aromatic rings. The van der Waals surface area contributed by atoms with Gasteiger partial charge in [0.25, 0.3) is 0 Å². The maximum absolute atomic E-state index is 13.0. The summed E-state index contributed by atoms with van der Waals surface area (Å²) < 4.78 is 18.0. The summed E-state index contributed by atoms with van der Waals surface area (Å²) in [6.07, 6.45) is -0.0441. The summed E-state index contributed by atoms with van der Waals surface area (Å²) in [7, 11) is 0. The highest BCUT2D eigenvalue weighted by Gasteiger charge is 2.39. The molecule has 138 valence electrons. The van der Waals surface area contributed by atoms with E-state index in [9.17, 15) is 4.39 Å². The maximum atomic E-state index is 13.0. The fraction of sp³-hybridized carbons (Fsp3) is 1.00. The number of β-amino-alcohol motifs (C(OH)–C–C–N with tert-alkyl or cyclic N) is 1. The molecule has 3 heterocycles. The minimum atomic E-state index is -0.889. The molecule has 3 aliphatic rings. The molecule has 0 atom stereocenters. The van der Waals surface area contributed by atoms with Gasteiger partial charge >= 0.3 is 0 Å². The Hall–Kier alpha value is -0.230. The molecule has 2 N–H and O–H groups in total. The van der Waals surface area contributed by atoms with Gasteiger partial charge in [0, 0.05) is 38.1 Å². The van der Waals surface area contributed by atoms with Crippen molar-refractivity contribution in [2.24, 2.45) is 17.8 Å². The number of nitrogens with zero attached hydrogens (tertiary/aromatic N) is 1. The topological polar surface area (TPSA) is 44.7 Å². The van der Waals surface area contributed by atoms with Crippen LogP contribution in [0.15, 0.2) is 0 Å². The zero-order valence-electron chi connectivity index (χ0n) is 15.8. The van der Waals surface area contributed by atoms with E-state index in [4.69, 9.17) is 9.84 Å². The fourth-order valence-corrected chi connectivity index (χ4v) is 2.32. The predicted molar refractivity (Wildman–Crippen MR) is 93.4 cm³/mol. The van der Waals surface area contributed by atoms with Gasteiger partial charge in [-0.15, -0.1) is 0 Å². The molecule has 0 saturated carbocycles. The Morgan fingerprint density at radius 1 is 1.09 bits per heavy atom. The lowest BCUT2D eigenvalue weighted by molar-refractivity contribution is -0.0534. The molecule has 23 heavy (non-hydrogen) atoms. The van der Waals surface area contributed by atoms with Crippen LogP contribution in [0.4, 0.5) is 4.39 Å². The predicted octanol–water partition coefficient (Wildman–Crippen LogP) is 2.31. The van der Waals surface area contributed by atoms with E-state index in [0.717, 1.165) is 38.1 Å². The van der Waals surface area contributed by atoms with Gasteiger partial charge in [0.1, 0.15) is 5.67 Å². The number of halogens is 1. The number of nitrogens with one attached hydrogen (secondary N) is 1. The van der Waals surface area contributed by atoms with Gasteiger partial charge in [-0.2, -0.15) is 0 Å². The van der Waals surface area contributed by atoms with Crippen molar-refractivity contribution in [3.8, 4) is 0 Å². The highest BCUT2D eigenvalue weighted by Crippen LogP contribution is 2.25. The molecular formula is C18H37FN2O2. The van der Waals surface area contributed by atoms with Crippen LogP contribution in [0, 0.1) is 17.8 Å². The van der Waals surface area contributed by atoms with E-state index in [1.165, 1.54) is 0 Å². The van der Waals surface area contributed by atoms with Crippen molar-refractivity contribution in [3.05, 3.63) is 0 Å². The van der Waals surface area contributed by atoms with Crippen LogP contribution in [0.3, 0.4) is 0 Å². The first-order valence-corrected chi connectivity index (χ1v) is 9.05. The summed E-state index contributed by atoms with van der Waals surface area (Å²) in [5.41, 5.74) is -0.889. The number of rotatable bonds is 3.